The van der Waals surface area contributed by atoms with Crippen molar-refractivity contribution in [1.82, 2.24) is 10.3 Å². The van der Waals surface area contributed by atoms with Gasteiger partial charge in [-0.1, -0.05) is 47.1 Å². The fourth-order valence-electron chi connectivity index (χ4n) is 1.71. The van der Waals surface area contributed by atoms with Crippen LogP contribution in [0.5, 0.6) is 0 Å². The summed E-state index contributed by atoms with van der Waals surface area (Å²) in [6.45, 7) is 7.16. The van der Waals surface area contributed by atoms with Crippen LogP contribution in [-0.2, 0) is 6.54 Å². The van der Waals surface area contributed by atoms with Crippen LogP contribution in [0.15, 0.2) is 46.5 Å². The van der Waals surface area contributed by atoms with Gasteiger partial charge in [-0.05, 0) is 44.5 Å². The molecule has 0 spiro atoms. The molecule has 0 aliphatic carbocycles. The van der Waals surface area contributed by atoms with E-state index in [-0.39, 0.29) is 5.54 Å². The summed E-state index contributed by atoms with van der Waals surface area (Å²) in [4.78, 5) is 5.31. The Balaban J connectivity index is 2.28. The highest BCUT2D eigenvalue weighted by Crippen LogP contribution is 2.38. The van der Waals surface area contributed by atoms with E-state index in [1.54, 1.807) is 6.20 Å². The zero-order chi connectivity index (χ0) is 15.5. The van der Waals surface area contributed by atoms with E-state index in [0.29, 0.717) is 5.02 Å². The van der Waals surface area contributed by atoms with E-state index in [1.165, 1.54) is 11.8 Å². The van der Waals surface area contributed by atoms with Crippen LogP contribution in [0.4, 0.5) is 0 Å². The molecule has 1 aromatic heterocycles. The summed E-state index contributed by atoms with van der Waals surface area (Å²) in [6, 6.07) is 9.58. The minimum atomic E-state index is 0.0485. The molecule has 5 heteroatoms. The van der Waals surface area contributed by atoms with Crippen LogP contribution in [0, 0.1) is 0 Å². The fourth-order valence-corrected chi connectivity index (χ4v) is 3.17. The molecule has 2 rings (SSSR count). The first-order valence-corrected chi connectivity index (χ1v) is 8.25. The maximum Gasteiger partial charge on any atom is 0.119 e. The Morgan fingerprint density at radius 1 is 1.10 bits per heavy atom. The molecule has 112 valence electrons. The van der Waals surface area contributed by atoms with Crippen LogP contribution < -0.4 is 5.32 Å². The Morgan fingerprint density at radius 3 is 2.48 bits per heavy atom. The minimum absolute atomic E-state index is 0.0485. The van der Waals surface area contributed by atoms with Crippen molar-refractivity contribution in [3.05, 3.63) is 52.1 Å². The average molecular weight is 341 g/mol. The zero-order valence-electron chi connectivity index (χ0n) is 12.3. The Bertz CT molecular complexity index is 624. The summed E-state index contributed by atoms with van der Waals surface area (Å²) < 4.78 is 0. The molecule has 0 saturated heterocycles. The summed E-state index contributed by atoms with van der Waals surface area (Å²) in [5.74, 6) is 0. The van der Waals surface area contributed by atoms with Crippen molar-refractivity contribution in [3.63, 3.8) is 0 Å². The van der Waals surface area contributed by atoms with Crippen LogP contribution in [0.2, 0.25) is 10.0 Å². The van der Waals surface area contributed by atoms with E-state index in [2.05, 4.69) is 37.1 Å². The lowest BCUT2D eigenvalue weighted by molar-refractivity contribution is 0.422. The van der Waals surface area contributed by atoms with Gasteiger partial charge in [0.05, 0.1) is 10.0 Å². The maximum absolute atomic E-state index is 6.36. The third kappa shape index (κ3) is 4.89. The molecule has 0 atom stereocenters. The van der Waals surface area contributed by atoms with Crippen molar-refractivity contribution in [2.45, 2.75) is 42.8 Å². The molecule has 0 saturated carbocycles. The molecule has 1 N–H and O–H groups in total. The van der Waals surface area contributed by atoms with Gasteiger partial charge in [-0.2, -0.15) is 0 Å². The first-order chi connectivity index (χ1) is 9.87. The number of halogens is 2. The molecular formula is C16H18Cl2N2S. The quantitative estimate of drug-likeness (QED) is 0.803. The molecule has 0 aliphatic heterocycles. The second-order valence-corrected chi connectivity index (χ2v) is 7.54. The second-order valence-electron chi connectivity index (χ2n) is 5.72. The van der Waals surface area contributed by atoms with E-state index in [9.17, 15) is 0 Å². The first-order valence-electron chi connectivity index (χ1n) is 6.67. The third-order valence-corrected chi connectivity index (χ3v) is 4.83. The first kappa shape index (κ1) is 16.6. The lowest BCUT2D eigenvalue weighted by atomic mass is 10.1. The van der Waals surface area contributed by atoms with Gasteiger partial charge >= 0.3 is 0 Å². The van der Waals surface area contributed by atoms with Crippen molar-refractivity contribution in [1.29, 1.82) is 0 Å². The molecule has 0 amide bonds. The van der Waals surface area contributed by atoms with Crippen molar-refractivity contribution in [3.8, 4) is 0 Å². The number of aromatic nitrogens is 1. The highest BCUT2D eigenvalue weighted by molar-refractivity contribution is 7.99. The zero-order valence-corrected chi connectivity index (χ0v) is 14.6. The van der Waals surface area contributed by atoms with Gasteiger partial charge in [-0.25, -0.2) is 4.98 Å². The lowest BCUT2D eigenvalue weighted by Gasteiger charge is -2.22. The highest BCUT2D eigenvalue weighted by Gasteiger charge is 2.14. The normalized spacial score (nSPS) is 11.7. The third-order valence-electron chi connectivity index (χ3n) is 2.78. The Kier molecular flexibility index (Phi) is 5.55. The van der Waals surface area contributed by atoms with Crippen molar-refractivity contribution < 1.29 is 0 Å². The summed E-state index contributed by atoms with van der Waals surface area (Å²) in [5, 5.41) is 5.60. The SMILES string of the molecule is CC(C)(C)NCc1cccc(Cl)c1Sc1ncccc1Cl. The van der Waals surface area contributed by atoms with Gasteiger partial charge in [0.2, 0.25) is 0 Å². The maximum atomic E-state index is 6.36. The standard InChI is InChI=1S/C16H18Cl2N2S/c1-16(2,3)20-10-11-6-4-7-12(17)14(11)21-15-13(18)8-5-9-19-15/h4-9,20H,10H2,1-3H3. The molecule has 21 heavy (non-hydrogen) atoms. The van der Waals surface area contributed by atoms with Gasteiger partial charge in [-0.15, -0.1) is 0 Å². The molecule has 0 fully saturated rings. The Morgan fingerprint density at radius 2 is 1.81 bits per heavy atom. The van der Waals surface area contributed by atoms with Gasteiger partial charge in [0, 0.05) is 23.2 Å². The average Bonchev–Trinajstić information content (AvgIpc) is 2.41. The van der Waals surface area contributed by atoms with Crippen LogP contribution in [0.25, 0.3) is 0 Å². The Labute approximate surface area is 140 Å². The summed E-state index contributed by atoms with van der Waals surface area (Å²) in [7, 11) is 0. The molecule has 1 aromatic carbocycles. The van der Waals surface area contributed by atoms with Crippen LogP contribution in [0.1, 0.15) is 26.3 Å². The predicted molar refractivity (Wildman–Crippen MR) is 91.4 cm³/mol. The molecule has 2 aromatic rings. The smallest absolute Gasteiger partial charge is 0.119 e. The van der Waals surface area contributed by atoms with Gasteiger partial charge in [0.15, 0.2) is 0 Å². The highest BCUT2D eigenvalue weighted by atomic mass is 35.5. The summed E-state index contributed by atoms with van der Waals surface area (Å²) >= 11 is 14.1. The number of nitrogens with zero attached hydrogens (tertiary/aromatic N) is 1. The molecule has 1 heterocycles. The van der Waals surface area contributed by atoms with E-state index in [4.69, 9.17) is 23.2 Å². The number of hydrogen-bond donors (Lipinski definition) is 1. The van der Waals surface area contributed by atoms with Crippen LogP contribution in [0.3, 0.4) is 0 Å². The lowest BCUT2D eigenvalue weighted by Crippen LogP contribution is -2.35. The molecule has 0 radical (unpaired) electrons. The van der Waals surface area contributed by atoms with Crippen LogP contribution in [-0.4, -0.2) is 10.5 Å². The summed E-state index contributed by atoms with van der Waals surface area (Å²) in [5.41, 5.74) is 1.19. The van der Waals surface area contributed by atoms with Crippen molar-refractivity contribution in [2.24, 2.45) is 0 Å². The van der Waals surface area contributed by atoms with E-state index in [0.717, 1.165) is 27.1 Å². The van der Waals surface area contributed by atoms with Gasteiger partial charge in [-0.3, -0.25) is 0 Å². The molecule has 0 bridgehead atoms. The minimum Gasteiger partial charge on any atom is -0.308 e. The molecule has 0 unspecified atom stereocenters. The van der Waals surface area contributed by atoms with E-state index in [1.807, 2.05) is 24.3 Å². The molecular weight excluding hydrogens is 323 g/mol. The molecule has 2 nitrogen and oxygen atoms in total. The van der Waals surface area contributed by atoms with E-state index >= 15 is 0 Å². The number of nitrogens with one attached hydrogen (secondary N) is 1. The van der Waals surface area contributed by atoms with Gasteiger partial charge < -0.3 is 5.32 Å². The number of rotatable bonds is 4. The Hall–Kier alpha value is -0.740. The fraction of sp³-hybridized carbons (Fsp3) is 0.312. The largest absolute Gasteiger partial charge is 0.308 e. The van der Waals surface area contributed by atoms with E-state index < -0.39 is 0 Å². The van der Waals surface area contributed by atoms with Gasteiger partial charge in [0.1, 0.15) is 5.03 Å². The number of pyridine rings is 1. The summed E-state index contributed by atoms with van der Waals surface area (Å²) in [6.07, 6.45) is 1.73. The van der Waals surface area contributed by atoms with Crippen molar-refractivity contribution >= 4 is 35.0 Å². The number of benzene rings is 1. The second kappa shape index (κ2) is 7.01. The van der Waals surface area contributed by atoms with Crippen LogP contribution >= 0.6 is 35.0 Å². The molecule has 0 aliphatic rings. The monoisotopic (exact) mass is 340 g/mol. The number of hydrogen-bond acceptors (Lipinski definition) is 3. The predicted octanol–water partition coefficient (Wildman–Crippen LogP) is 5.43. The van der Waals surface area contributed by atoms with Crippen molar-refractivity contribution in [2.75, 3.05) is 0 Å². The topological polar surface area (TPSA) is 24.9 Å². The van der Waals surface area contributed by atoms with Gasteiger partial charge in [0.25, 0.3) is 0 Å².